The summed E-state index contributed by atoms with van der Waals surface area (Å²) in [5, 5.41) is 10.2. The quantitative estimate of drug-likeness (QED) is 0.213. The summed E-state index contributed by atoms with van der Waals surface area (Å²) in [7, 11) is 0. The van der Waals surface area contributed by atoms with Gasteiger partial charge in [0.25, 0.3) is 0 Å². The molecule has 7 rings (SSSR count). The molecular formula is C37H26F5N3. The molecule has 0 amide bonds. The minimum Gasteiger partial charge on any atom is -0.308 e. The molecule has 3 nitrogen and oxygen atoms in total. The number of alkyl halides is 3. The lowest BCUT2D eigenvalue weighted by Crippen LogP contribution is -2.27. The van der Waals surface area contributed by atoms with Crippen molar-refractivity contribution in [1.29, 1.82) is 5.26 Å². The molecule has 1 aliphatic carbocycles. The van der Waals surface area contributed by atoms with Crippen LogP contribution in [0.4, 0.5) is 50.4 Å². The van der Waals surface area contributed by atoms with E-state index in [0.29, 0.717) is 66.0 Å². The predicted molar refractivity (Wildman–Crippen MR) is 165 cm³/mol. The minimum atomic E-state index is -5.20. The summed E-state index contributed by atoms with van der Waals surface area (Å²) in [6.45, 7) is 0. The van der Waals surface area contributed by atoms with Gasteiger partial charge >= 0.3 is 6.18 Å². The fourth-order valence-corrected chi connectivity index (χ4v) is 6.66. The molecule has 0 saturated heterocycles. The van der Waals surface area contributed by atoms with Gasteiger partial charge in [0.15, 0.2) is 11.6 Å². The Hall–Kier alpha value is -5.16. The highest BCUT2D eigenvalue weighted by molar-refractivity contribution is 5.91. The number of para-hydroxylation sites is 3. The molecule has 0 fully saturated rings. The van der Waals surface area contributed by atoms with E-state index in [-0.39, 0.29) is 0 Å². The summed E-state index contributed by atoms with van der Waals surface area (Å²) in [5.74, 6) is -3.36. The molecular weight excluding hydrogens is 581 g/mol. The molecule has 224 valence electrons. The molecule has 3 aliphatic rings. The lowest BCUT2D eigenvalue weighted by Gasteiger charge is -2.35. The van der Waals surface area contributed by atoms with Crippen molar-refractivity contribution in [3.63, 3.8) is 0 Å². The van der Waals surface area contributed by atoms with Crippen molar-refractivity contribution < 1.29 is 22.0 Å². The van der Waals surface area contributed by atoms with Gasteiger partial charge in [0.2, 0.25) is 0 Å². The minimum absolute atomic E-state index is 0.318. The van der Waals surface area contributed by atoms with E-state index in [9.17, 15) is 5.26 Å². The number of rotatable bonds is 2. The topological polar surface area (TPSA) is 30.3 Å². The summed E-state index contributed by atoms with van der Waals surface area (Å²) < 4.78 is 80.3. The molecule has 0 aromatic heterocycles. The number of hydrogen-bond donors (Lipinski definition) is 0. The number of aryl methyl sites for hydroxylation is 3. The summed E-state index contributed by atoms with van der Waals surface area (Å²) in [5.41, 5.74) is 0.0676. The second-order valence-electron chi connectivity index (χ2n) is 11.2. The molecule has 4 aromatic rings. The van der Waals surface area contributed by atoms with Gasteiger partial charge in [-0.3, -0.25) is 0 Å². The molecule has 0 unspecified atom stereocenters. The first-order valence-corrected chi connectivity index (χ1v) is 14.7. The Morgan fingerprint density at radius 1 is 0.622 bits per heavy atom. The molecule has 0 bridgehead atoms. The Labute approximate surface area is 257 Å². The standard InChI is InChI=1S/C37H26F5N3/c38-33-27(22-43)35(44-28-15-7-4-11-24(28)19-20-25-12-5-8-16-29(25)44)32(37(40,41)42)36(34(33)39)45-30-14-3-1-2-10-23(30)18-21-26-13-6-9-17-31(26)45/h2-17H,1,18-21H2. The van der Waals surface area contributed by atoms with E-state index >= 15 is 22.0 Å². The van der Waals surface area contributed by atoms with E-state index in [1.807, 2.05) is 12.2 Å². The third-order valence-electron chi connectivity index (χ3n) is 8.63. The fourth-order valence-electron chi connectivity index (χ4n) is 6.66. The molecule has 2 heterocycles. The third kappa shape index (κ3) is 4.71. The summed E-state index contributed by atoms with van der Waals surface area (Å²) in [6.07, 6.45) is 4.52. The SMILES string of the molecule is N#Cc1c(F)c(F)c(N2C3=C(C=CCC=C3)CCc3ccccc32)c(C(F)(F)F)c1N1c2ccccc2CCc2ccccc21. The lowest BCUT2D eigenvalue weighted by molar-refractivity contribution is -0.136. The summed E-state index contributed by atoms with van der Waals surface area (Å²) in [4.78, 5) is 2.50. The molecule has 4 aromatic carbocycles. The number of anilines is 5. The predicted octanol–water partition coefficient (Wildman–Crippen LogP) is 10.3. The van der Waals surface area contributed by atoms with Crippen molar-refractivity contribution in [2.24, 2.45) is 0 Å². The number of nitrogens with zero attached hydrogens (tertiary/aromatic N) is 3. The Morgan fingerprint density at radius 3 is 1.69 bits per heavy atom. The van der Waals surface area contributed by atoms with Gasteiger partial charge in [0.05, 0.1) is 11.4 Å². The zero-order chi connectivity index (χ0) is 31.3. The van der Waals surface area contributed by atoms with Crippen LogP contribution in [0.5, 0.6) is 0 Å². The lowest BCUT2D eigenvalue weighted by atomic mass is 9.97. The molecule has 0 radical (unpaired) electrons. The van der Waals surface area contributed by atoms with Crippen molar-refractivity contribution in [3.05, 3.63) is 148 Å². The van der Waals surface area contributed by atoms with Crippen molar-refractivity contribution in [2.75, 3.05) is 9.80 Å². The molecule has 0 atom stereocenters. The molecule has 8 heteroatoms. The third-order valence-corrected chi connectivity index (χ3v) is 8.63. The maximum absolute atomic E-state index is 16.6. The van der Waals surface area contributed by atoms with Crippen LogP contribution < -0.4 is 9.80 Å². The zero-order valence-electron chi connectivity index (χ0n) is 24.0. The van der Waals surface area contributed by atoms with Crippen LogP contribution in [0.3, 0.4) is 0 Å². The van der Waals surface area contributed by atoms with Crippen LogP contribution in [-0.2, 0) is 25.4 Å². The smallest absolute Gasteiger partial charge is 0.308 e. The van der Waals surface area contributed by atoms with Gasteiger partial charge in [0, 0.05) is 22.8 Å². The van der Waals surface area contributed by atoms with Crippen molar-refractivity contribution >= 4 is 28.4 Å². The van der Waals surface area contributed by atoms with E-state index in [1.165, 1.54) is 9.80 Å². The zero-order valence-corrected chi connectivity index (χ0v) is 24.0. The number of hydrogen-bond acceptors (Lipinski definition) is 3. The molecule has 45 heavy (non-hydrogen) atoms. The van der Waals surface area contributed by atoms with Crippen molar-refractivity contribution in [2.45, 2.75) is 38.3 Å². The second-order valence-corrected chi connectivity index (χ2v) is 11.2. The Bertz CT molecular complexity index is 1930. The number of allylic oxidation sites excluding steroid dienone is 5. The van der Waals surface area contributed by atoms with Crippen LogP contribution in [0.1, 0.15) is 40.7 Å². The maximum Gasteiger partial charge on any atom is 0.420 e. The van der Waals surface area contributed by atoms with Gasteiger partial charge < -0.3 is 9.80 Å². The fraction of sp³-hybridized carbons (Fsp3) is 0.162. The van der Waals surface area contributed by atoms with E-state index in [1.54, 1.807) is 91.0 Å². The van der Waals surface area contributed by atoms with Crippen LogP contribution in [0.15, 0.2) is 108 Å². The highest BCUT2D eigenvalue weighted by Gasteiger charge is 2.46. The van der Waals surface area contributed by atoms with E-state index in [0.717, 1.165) is 11.1 Å². The van der Waals surface area contributed by atoms with Gasteiger partial charge in [0.1, 0.15) is 17.2 Å². The Balaban J connectivity index is 1.66. The summed E-state index contributed by atoms with van der Waals surface area (Å²) in [6, 6.07) is 22.3. The first kappa shape index (κ1) is 28.6. The van der Waals surface area contributed by atoms with Crippen LogP contribution in [-0.4, -0.2) is 0 Å². The molecule has 0 N–H and O–H groups in total. The average Bonchev–Trinajstić information content (AvgIpc) is 3.43. The molecule has 0 spiro atoms. The highest BCUT2D eigenvalue weighted by atomic mass is 19.4. The van der Waals surface area contributed by atoms with Crippen LogP contribution >= 0.6 is 0 Å². The monoisotopic (exact) mass is 607 g/mol. The molecule has 2 aliphatic heterocycles. The van der Waals surface area contributed by atoms with Gasteiger partial charge in [-0.2, -0.15) is 18.4 Å². The van der Waals surface area contributed by atoms with Crippen LogP contribution in [0.2, 0.25) is 0 Å². The second kappa shape index (κ2) is 11.1. The van der Waals surface area contributed by atoms with Crippen LogP contribution in [0.25, 0.3) is 0 Å². The van der Waals surface area contributed by atoms with Crippen molar-refractivity contribution in [1.82, 2.24) is 0 Å². The highest BCUT2D eigenvalue weighted by Crippen LogP contribution is 2.55. The van der Waals surface area contributed by atoms with Gasteiger partial charge in [-0.05, 0) is 78.6 Å². The van der Waals surface area contributed by atoms with Gasteiger partial charge in [-0.25, -0.2) is 8.78 Å². The average molecular weight is 608 g/mol. The maximum atomic E-state index is 16.6. The van der Waals surface area contributed by atoms with Crippen LogP contribution in [0, 0.1) is 23.0 Å². The number of benzene rings is 4. The number of fused-ring (bicyclic) bond motifs is 3. The normalized spacial score (nSPS) is 15.7. The first-order chi connectivity index (χ1) is 21.8. The van der Waals surface area contributed by atoms with Gasteiger partial charge in [-0.15, -0.1) is 0 Å². The largest absolute Gasteiger partial charge is 0.420 e. The van der Waals surface area contributed by atoms with E-state index in [4.69, 9.17) is 0 Å². The Morgan fingerprint density at radius 2 is 1.13 bits per heavy atom. The molecule has 0 saturated carbocycles. The van der Waals surface area contributed by atoms with Gasteiger partial charge in [-0.1, -0.05) is 72.8 Å². The van der Waals surface area contributed by atoms with E-state index < -0.39 is 40.3 Å². The number of nitriles is 1. The van der Waals surface area contributed by atoms with E-state index in [2.05, 4.69) is 0 Å². The Kier molecular flexibility index (Phi) is 7.04. The number of halogens is 5. The first-order valence-electron chi connectivity index (χ1n) is 14.7. The summed E-state index contributed by atoms with van der Waals surface area (Å²) >= 11 is 0. The van der Waals surface area contributed by atoms with Crippen molar-refractivity contribution in [3.8, 4) is 6.07 Å².